The van der Waals surface area contributed by atoms with E-state index >= 15 is 0 Å². The summed E-state index contributed by atoms with van der Waals surface area (Å²) in [7, 11) is 0. The third-order valence-electron chi connectivity index (χ3n) is 2.46. The Morgan fingerprint density at radius 3 is 2.88 bits per heavy atom. The van der Waals surface area contributed by atoms with Crippen LogP contribution in [0.25, 0.3) is 16.3 Å². The number of para-hydroxylation sites is 1. The first-order valence-corrected chi connectivity index (χ1v) is 6.20. The molecule has 1 heterocycles. The average Bonchev–Trinajstić information content (AvgIpc) is 2.68. The van der Waals surface area contributed by atoms with Crippen LogP contribution < -0.4 is 0 Å². The van der Waals surface area contributed by atoms with Crippen molar-refractivity contribution in [2.45, 2.75) is 19.8 Å². The first-order valence-electron chi connectivity index (χ1n) is 5.38. The molecule has 0 spiro atoms. The fourth-order valence-corrected chi connectivity index (χ4v) is 2.57. The maximum absolute atomic E-state index is 10.5. The van der Waals surface area contributed by atoms with E-state index in [9.17, 15) is 4.79 Å². The number of benzene rings is 1. The first-order chi connectivity index (χ1) is 8.08. The van der Waals surface area contributed by atoms with Gasteiger partial charge in [-0.1, -0.05) is 26.0 Å². The van der Waals surface area contributed by atoms with Gasteiger partial charge in [-0.3, -0.25) is 0 Å². The molecular weight excluding hydrogens is 234 g/mol. The van der Waals surface area contributed by atoms with E-state index in [0.29, 0.717) is 5.92 Å². The van der Waals surface area contributed by atoms with E-state index in [0.717, 1.165) is 21.3 Å². The van der Waals surface area contributed by atoms with Crippen LogP contribution in [0.3, 0.4) is 0 Å². The number of hydrogen-bond donors (Lipinski definition) is 1. The quantitative estimate of drug-likeness (QED) is 0.844. The number of aromatic nitrogens is 1. The average molecular weight is 247 g/mol. The van der Waals surface area contributed by atoms with Gasteiger partial charge in [0.2, 0.25) is 0 Å². The van der Waals surface area contributed by atoms with Gasteiger partial charge in [-0.15, -0.1) is 11.3 Å². The molecule has 0 aliphatic carbocycles. The van der Waals surface area contributed by atoms with Gasteiger partial charge in [0.05, 0.1) is 10.2 Å². The summed E-state index contributed by atoms with van der Waals surface area (Å²) in [4.78, 5) is 14.9. The number of carboxylic acid groups (broad SMARTS) is 1. The highest BCUT2D eigenvalue weighted by Crippen LogP contribution is 2.29. The Labute approximate surface area is 103 Å². The van der Waals surface area contributed by atoms with Crippen LogP contribution in [0.4, 0.5) is 0 Å². The van der Waals surface area contributed by atoms with Gasteiger partial charge < -0.3 is 5.11 Å². The van der Waals surface area contributed by atoms with E-state index in [4.69, 9.17) is 5.11 Å². The molecule has 0 saturated heterocycles. The number of thiazole rings is 1. The molecule has 2 aromatic rings. The summed E-state index contributed by atoms with van der Waals surface area (Å²) in [6.07, 6.45) is 2.66. The zero-order chi connectivity index (χ0) is 12.4. The number of nitrogens with zero attached hydrogens (tertiary/aromatic N) is 1. The fraction of sp³-hybridized carbons (Fsp3) is 0.231. The normalized spacial score (nSPS) is 11.7. The largest absolute Gasteiger partial charge is 0.478 e. The van der Waals surface area contributed by atoms with Crippen LogP contribution in [0.1, 0.15) is 30.3 Å². The molecule has 0 aliphatic heterocycles. The van der Waals surface area contributed by atoms with E-state index in [1.165, 1.54) is 23.0 Å². The molecule has 0 saturated carbocycles. The van der Waals surface area contributed by atoms with Crippen molar-refractivity contribution in [1.29, 1.82) is 0 Å². The summed E-state index contributed by atoms with van der Waals surface area (Å²) < 4.78 is 1.10. The lowest BCUT2D eigenvalue weighted by molar-refractivity contribution is -0.131. The van der Waals surface area contributed by atoms with E-state index in [2.05, 4.69) is 24.9 Å². The lowest BCUT2D eigenvalue weighted by Gasteiger charge is -2.04. The summed E-state index contributed by atoms with van der Waals surface area (Å²) in [5.41, 5.74) is 2.19. The second-order valence-corrected chi connectivity index (χ2v) is 5.13. The third-order valence-corrected chi connectivity index (χ3v) is 3.44. The van der Waals surface area contributed by atoms with Crippen molar-refractivity contribution in [1.82, 2.24) is 4.98 Å². The molecule has 2 rings (SSSR count). The molecule has 0 radical (unpaired) electrons. The van der Waals surface area contributed by atoms with Crippen molar-refractivity contribution in [3.63, 3.8) is 0 Å². The maximum atomic E-state index is 10.5. The lowest BCUT2D eigenvalue weighted by atomic mass is 10.0. The van der Waals surface area contributed by atoms with E-state index in [1.54, 1.807) is 0 Å². The van der Waals surface area contributed by atoms with Gasteiger partial charge in [0, 0.05) is 6.08 Å². The highest BCUT2D eigenvalue weighted by atomic mass is 32.1. The van der Waals surface area contributed by atoms with Crippen molar-refractivity contribution in [3.8, 4) is 0 Å². The first kappa shape index (κ1) is 11.8. The van der Waals surface area contributed by atoms with Crippen LogP contribution in [-0.4, -0.2) is 16.1 Å². The SMILES string of the molecule is CC(C)c1cccc2sc(/C=C/C(=O)O)nc12. The molecule has 1 aromatic heterocycles. The van der Waals surface area contributed by atoms with E-state index < -0.39 is 5.97 Å². The van der Waals surface area contributed by atoms with Gasteiger partial charge >= 0.3 is 5.97 Å². The number of fused-ring (bicyclic) bond motifs is 1. The summed E-state index contributed by atoms with van der Waals surface area (Å²) in [5, 5.41) is 9.31. The highest BCUT2D eigenvalue weighted by molar-refractivity contribution is 7.19. The van der Waals surface area contributed by atoms with Gasteiger partial charge in [-0.25, -0.2) is 9.78 Å². The number of carboxylic acids is 1. The molecule has 0 aliphatic rings. The van der Waals surface area contributed by atoms with Crippen molar-refractivity contribution in [2.75, 3.05) is 0 Å². The summed E-state index contributed by atoms with van der Waals surface area (Å²) in [6, 6.07) is 6.09. The minimum absolute atomic E-state index is 0.414. The van der Waals surface area contributed by atoms with Crippen molar-refractivity contribution in [2.24, 2.45) is 0 Å². The molecule has 3 nitrogen and oxygen atoms in total. The Bertz CT molecular complexity index is 584. The van der Waals surface area contributed by atoms with Crippen LogP contribution >= 0.6 is 11.3 Å². The molecular formula is C13H13NO2S. The Morgan fingerprint density at radius 2 is 2.24 bits per heavy atom. The van der Waals surface area contributed by atoms with E-state index in [1.807, 2.05) is 12.1 Å². The molecule has 88 valence electrons. The smallest absolute Gasteiger partial charge is 0.328 e. The topological polar surface area (TPSA) is 50.2 Å². The standard InChI is InChI=1S/C13H13NO2S/c1-8(2)9-4-3-5-10-13(9)14-11(17-10)6-7-12(15)16/h3-8H,1-2H3,(H,15,16)/b7-6+. The maximum Gasteiger partial charge on any atom is 0.328 e. The van der Waals surface area contributed by atoms with Gasteiger partial charge in [0.1, 0.15) is 5.01 Å². The Balaban J connectivity index is 2.50. The molecule has 0 unspecified atom stereocenters. The van der Waals surface area contributed by atoms with Crippen LogP contribution in [-0.2, 0) is 4.79 Å². The van der Waals surface area contributed by atoms with Crippen LogP contribution in [0.5, 0.6) is 0 Å². The van der Waals surface area contributed by atoms with Gasteiger partial charge in [-0.2, -0.15) is 0 Å². The highest BCUT2D eigenvalue weighted by Gasteiger charge is 2.09. The minimum Gasteiger partial charge on any atom is -0.478 e. The summed E-state index contributed by atoms with van der Waals surface area (Å²) in [6.45, 7) is 4.25. The van der Waals surface area contributed by atoms with Gasteiger partial charge in [-0.05, 0) is 23.6 Å². The molecule has 0 bridgehead atoms. The second kappa shape index (κ2) is 4.67. The molecule has 1 aromatic carbocycles. The van der Waals surface area contributed by atoms with Gasteiger partial charge in [0.25, 0.3) is 0 Å². The monoisotopic (exact) mass is 247 g/mol. The van der Waals surface area contributed by atoms with Crippen molar-refractivity contribution in [3.05, 3.63) is 34.8 Å². The summed E-state index contributed by atoms with van der Waals surface area (Å²) in [5.74, 6) is -0.537. The van der Waals surface area contributed by atoms with E-state index in [-0.39, 0.29) is 0 Å². The Kier molecular flexibility index (Phi) is 3.24. The van der Waals surface area contributed by atoms with Crippen LogP contribution in [0.2, 0.25) is 0 Å². The van der Waals surface area contributed by atoms with Crippen LogP contribution in [0.15, 0.2) is 24.3 Å². The van der Waals surface area contributed by atoms with Crippen molar-refractivity contribution < 1.29 is 9.90 Å². The zero-order valence-electron chi connectivity index (χ0n) is 9.68. The Morgan fingerprint density at radius 1 is 1.47 bits per heavy atom. The molecule has 0 atom stereocenters. The minimum atomic E-state index is -0.951. The molecule has 4 heteroatoms. The number of hydrogen-bond acceptors (Lipinski definition) is 3. The van der Waals surface area contributed by atoms with Crippen molar-refractivity contribution >= 4 is 33.6 Å². The molecule has 0 amide bonds. The predicted molar refractivity (Wildman–Crippen MR) is 70.4 cm³/mol. The van der Waals surface area contributed by atoms with Gasteiger partial charge in [0.15, 0.2) is 0 Å². The second-order valence-electron chi connectivity index (χ2n) is 4.07. The number of rotatable bonds is 3. The number of carbonyl (C=O) groups is 1. The number of aliphatic carboxylic acids is 1. The summed E-state index contributed by atoms with van der Waals surface area (Å²) >= 11 is 1.51. The van der Waals surface area contributed by atoms with Crippen LogP contribution in [0, 0.1) is 0 Å². The fourth-order valence-electron chi connectivity index (χ4n) is 1.67. The Hall–Kier alpha value is -1.68. The lowest BCUT2D eigenvalue weighted by Crippen LogP contribution is -1.88. The molecule has 1 N–H and O–H groups in total. The molecule has 17 heavy (non-hydrogen) atoms. The zero-order valence-corrected chi connectivity index (χ0v) is 10.5. The third kappa shape index (κ3) is 2.53. The molecule has 0 fully saturated rings. The predicted octanol–water partition coefficient (Wildman–Crippen LogP) is 3.52.